The molecule has 1 aromatic carbocycles. The van der Waals surface area contributed by atoms with Crippen molar-refractivity contribution in [3.8, 4) is 11.5 Å². The van der Waals surface area contributed by atoms with E-state index in [1.54, 1.807) is 14.2 Å². The highest BCUT2D eigenvalue weighted by molar-refractivity contribution is 5.83. The number of carbonyl (C=O) groups excluding carboxylic acids is 2. The zero-order valence-corrected chi connectivity index (χ0v) is 16.6. The molecule has 6 heteroatoms. The monoisotopic (exact) mass is 374 g/mol. The first-order valence-corrected chi connectivity index (χ1v) is 9.87. The van der Waals surface area contributed by atoms with Gasteiger partial charge in [0, 0.05) is 44.1 Å². The Morgan fingerprint density at radius 1 is 1.04 bits per heavy atom. The molecule has 2 saturated heterocycles. The van der Waals surface area contributed by atoms with Gasteiger partial charge in [-0.1, -0.05) is 6.92 Å². The minimum absolute atomic E-state index is 0.0834. The maximum atomic E-state index is 13.3. The lowest BCUT2D eigenvalue weighted by Gasteiger charge is -2.31. The summed E-state index contributed by atoms with van der Waals surface area (Å²) in [6.45, 7) is 4.52. The Labute approximate surface area is 161 Å². The quantitative estimate of drug-likeness (QED) is 0.795. The van der Waals surface area contributed by atoms with E-state index >= 15 is 0 Å². The summed E-state index contributed by atoms with van der Waals surface area (Å²) in [6, 6.07) is 5.68. The van der Waals surface area contributed by atoms with Gasteiger partial charge in [-0.25, -0.2) is 0 Å². The number of likely N-dealkylation sites (tertiary alicyclic amines) is 2. The standard InChI is InChI=1S/C21H30N2O4/c1-4-20(24)23-13-17(16-12-15(26-2)8-9-19(16)27-3)18(14-23)21(25)22-10-6-5-7-11-22/h8-9,12,17-18H,4-7,10-11,13-14H2,1-3H3/t17-,18-/m0/s1. The summed E-state index contributed by atoms with van der Waals surface area (Å²) in [5, 5.41) is 0. The first-order chi connectivity index (χ1) is 13.1. The minimum Gasteiger partial charge on any atom is -0.497 e. The van der Waals surface area contributed by atoms with Crippen LogP contribution < -0.4 is 9.47 Å². The highest BCUT2D eigenvalue weighted by atomic mass is 16.5. The van der Waals surface area contributed by atoms with Crippen molar-refractivity contribution in [3.63, 3.8) is 0 Å². The number of amides is 2. The van der Waals surface area contributed by atoms with Crippen LogP contribution in [0.15, 0.2) is 18.2 Å². The molecule has 2 atom stereocenters. The van der Waals surface area contributed by atoms with Gasteiger partial charge in [0.05, 0.1) is 20.1 Å². The van der Waals surface area contributed by atoms with Gasteiger partial charge in [-0.05, 0) is 37.5 Å². The second-order valence-corrected chi connectivity index (χ2v) is 7.36. The van der Waals surface area contributed by atoms with Gasteiger partial charge in [-0.2, -0.15) is 0 Å². The number of nitrogens with zero attached hydrogens (tertiary/aromatic N) is 2. The normalized spacial score (nSPS) is 22.6. The maximum absolute atomic E-state index is 13.3. The topological polar surface area (TPSA) is 59.1 Å². The van der Waals surface area contributed by atoms with E-state index < -0.39 is 0 Å². The summed E-state index contributed by atoms with van der Waals surface area (Å²) in [4.78, 5) is 29.5. The molecule has 2 aliphatic heterocycles. The second kappa shape index (κ2) is 8.63. The van der Waals surface area contributed by atoms with Crippen molar-refractivity contribution in [2.75, 3.05) is 40.4 Å². The van der Waals surface area contributed by atoms with E-state index in [0.29, 0.717) is 19.5 Å². The van der Waals surface area contributed by atoms with E-state index in [9.17, 15) is 9.59 Å². The van der Waals surface area contributed by atoms with Crippen LogP contribution in [-0.2, 0) is 9.59 Å². The fourth-order valence-corrected chi connectivity index (χ4v) is 4.27. The van der Waals surface area contributed by atoms with Gasteiger partial charge >= 0.3 is 0 Å². The number of ether oxygens (including phenoxy) is 2. The average molecular weight is 374 g/mol. The van der Waals surface area contributed by atoms with Crippen LogP contribution in [-0.4, -0.2) is 62.0 Å². The summed E-state index contributed by atoms with van der Waals surface area (Å²) in [5.41, 5.74) is 0.943. The zero-order chi connectivity index (χ0) is 19.4. The lowest BCUT2D eigenvalue weighted by molar-refractivity contribution is -0.136. The fourth-order valence-electron chi connectivity index (χ4n) is 4.27. The van der Waals surface area contributed by atoms with Gasteiger partial charge in [0.1, 0.15) is 11.5 Å². The summed E-state index contributed by atoms with van der Waals surface area (Å²) >= 11 is 0. The third-order valence-corrected chi connectivity index (χ3v) is 5.80. The van der Waals surface area contributed by atoms with Crippen molar-refractivity contribution >= 4 is 11.8 Å². The van der Waals surface area contributed by atoms with Crippen LogP contribution in [0.25, 0.3) is 0 Å². The molecule has 0 aromatic heterocycles. The molecule has 2 aliphatic rings. The smallest absolute Gasteiger partial charge is 0.228 e. The highest BCUT2D eigenvalue weighted by Gasteiger charge is 2.43. The second-order valence-electron chi connectivity index (χ2n) is 7.36. The Hall–Kier alpha value is -2.24. The van der Waals surface area contributed by atoms with Crippen molar-refractivity contribution in [3.05, 3.63) is 23.8 Å². The molecule has 148 valence electrons. The molecule has 0 unspecified atom stereocenters. The predicted octanol–water partition coefficient (Wildman–Crippen LogP) is 2.67. The molecular weight excluding hydrogens is 344 g/mol. The highest BCUT2D eigenvalue weighted by Crippen LogP contribution is 2.40. The molecule has 6 nitrogen and oxygen atoms in total. The number of carbonyl (C=O) groups is 2. The summed E-state index contributed by atoms with van der Waals surface area (Å²) < 4.78 is 11.0. The van der Waals surface area contributed by atoms with Crippen LogP contribution in [0.5, 0.6) is 11.5 Å². The predicted molar refractivity (Wildman–Crippen MR) is 103 cm³/mol. The van der Waals surface area contributed by atoms with Crippen molar-refractivity contribution in [2.45, 2.75) is 38.5 Å². The van der Waals surface area contributed by atoms with Crippen molar-refractivity contribution < 1.29 is 19.1 Å². The molecule has 0 saturated carbocycles. The molecule has 3 rings (SSSR count). The first kappa shape index (κ1) is 19.5. The third-order valence-electron chi connectivity index (χ3n) is 5.80. The third kappa shape index (κ3) is 4.04. The molecule has 27 heavy (non-hydrogen) atoms. The van der Waals surface area contributed by atoms with Crippen LogP contribution in [0.4, 0.5) is 0 Å². The van der Waals surface area contributed by atoms with Crippen molar-refractivity contribution in [1.29, 1.82) is 0 Å². The minimum atomic E-state index is -0.236. The van der Waals surface area contributed by atoms with Crippen LogP contribution in [0.2, 0.25) is 0 Å². The van der Waals surface area contributed by atoms with E-state index in [1.165, 1.54) is 6.42 Å². The molecule has 2 amide bonds. The number of methoxy groups -OCH3 is 2. The molecule has 2 heterocycles. The van der Waals surface area contributed by atoms with Gasteiger partial charge in [-0.15, -0.1) is 0 Å². The lowest BCUT2D eigenvalue weighted by Crippen LogP contribution is -2.42. The summed E-state index contributed by atoms with van der Waals surface area (Å²) in [7, 11) is 3.26. The fraction of sp³-hybridized carbons (Fsp3) is 0.619. The van der Waals surface area contributed by atoms with Gasteiger partial charge in [-0.3, -0.25) is 9.59 Å². The number of hydrogen-bond acceptors (Lipinski definition) is 4. The van der Waals surface area contributed by atoms with Crippen molar-refractivity contribution in [2.24, 2.45) is 5.92 Å². The van der Waals surface area contributed by atoms with E-state index in [2.05, 4.69) is 0 Å². The Kier molecular flexibility index (Phi) is 6.24. The molecule has 0 aliphatic carbocycles. The average Bonchev–Trinajstić information content (AvgIpc) is 3.18. The van der Waals surface area contributed by atoms with Gasteiger partial charge in [0.15, 0.2) is 0 Å². The van der Waals surface area contributed by atoms with E-state index in [0.717, 1.165) is 43.0 Å². The van der Waals surface area contributed by atoms with E-state index in [1.807, 2.05) is 34.9 Å². The molecule has 1 aromatic rings. The number of rotatable bonds is 5. The molecule has 0 bridgehead atoms. The number of piperidine rings is 1. The Morgan fingerprint density at radius 3 is 2.41 bits per heavy atom. The van der Waals surface area contributed by atoms with E-state index in [-0.39, 0.29) is 23.7 Å². The summed E-state index contributed by atoms with van der Waals surface area (Å²) in [5.74, 6) is 1.41. The Balaban J connectivity index is 1.94. The maximum Gasteiger partial charge on any atom is 0.228 e. The molecule has 0 spiro atoms. The zero-order valence-electron chi connectivity index (χ0n) is 16.6. The molecule has 0 N–H and O–H groups in total. The number of hydrogen-bond donors (Lipinski definition) is 0. The molecular formula is C21H30N2O4. The van der Waals surface area contributed by atoms with Crippen LogP contribution in [0.3, 0.4) is 0 Å². The van der Waals surface area contributed by atoms with Crippen LogP contribution in [0, 0.1) is 5.92 Å². The van der Waals surface area contributed by atoms with Gasteiger partial charge < -0.3 is 19.3 Å². The largest absolute Gasteiger partial charge is 0.497 e. The SMILES string of the molecule is CCC(=O)N1C[C@H](C(=O)N2CCCCC2)[C@H](c2cc(OC)ccc2OC)C1. The van der Waals surface area contributed by atoms with Gasteiger partial charge in [0.25, 0.3) is 0 Å². The van der Waals surface area contributed by atoms with E-state index in [4.69, 9.17) is 9.47 Å². The first-order valence-electron chi connectivity index (χ1n) is 9.87. The molecule has 0 radical (unpaired) electrons. The molecule has 2 fully saturated rings. The number of benzene rings is 1. The van der Waals surface area contributed by atoms with Crippen molar-refractivity contribution in [1.82, 2.24) is 9.80 Å². The lowest BCUT2D eigenvalue weighted by atomic mass is 9.86. The summed E-state index contributed by atoms with van der Waals surface area (Å²) in [6.07, 6.45) is 3.75. The van der Waals surface area contributed by atoms with Crippen LogP contribution >= 0.6 is 0 Å². The Morgan fingerprint density at radius 2 is 1.78 bits per heavy atom. The van der Waals surface area contributed by atoms with Crippen LogP contribution in [0.1, 0.15) is 44.1 Å². The Bertz CT molecular complexity index is 685. The van der Waals surface area contributed by atoms with Gasteiger partial charge in [0.2, 0.25) is 11.8 Å².